The first-order valence-electron chi connectivity index (χ1n) is 4.88. The van der Waals surface area contributed by atoms with Gasteiger partial charge in [-0.15, -0.1) is 0 Å². The largest absolute Gasteiger partial charge is 0.355 e. The highest BCUT2D eigenvalue weighted by Gasteiger charge is 2.08. The second-order valence-electron chi connectivity index (χ2n) is 3.78. The molecular weight excluding hydrogens is 166 g/mol. The smallest absolute Gasteiger partial charge is 0.169 e. The van der Waals surface area contributed by atoms with Gasteiger partial charge in [0.05, 0.1) is 0 Å². The molecule has 13 heavy (non-hydrogen) atoms. The van der Waals surface area contributed by atoms with Crippen molar-refractivity contribution in [2.45, 2.75) is 27.1 Å². The average Bonchev–Trinajstić information content (AvgIpc) is 2.12. The van der Waals surface area contributed by atoms with Gasteiger partial charge in [-0.05, 0) is 18.4 Å². The van der Waals surface area contributed by atoms with E-state index in [1.165, 1.54) is 0 Å². The van der Waals surface area contributed by atoms with Gasteiger partial charge in [-0.3, -0.25) is 0 Å². The average molecular weight is 189 g/mol. The molecular formula is C10H23NO2. The molecule has 3 nitrogen and oxygen atoms in total. The summed E-state index contributed by atoms with van der Waals surface area (Å²) in [6.45, 7) is 8.48. The Labute approximate surface area is 81.8 Å². The molecule has 0 aromatic carbocycles. The van der Waals surface area contributed by atoms with Crippen molar-refractivity contribution in [2.75, 3.05) is 27.3 Å². The summed E-state index contributed by atoms with van der Waals surface area (Å²) in [5, 5.41) is 3.32. The maximum absolute atomic E-state index is 5.06. The second kappa shape index (κ2) is 7.30. The van der Waals surface area contributed by atoms with Crippen LogP contribution < -0.4 is 5.32 Å². The normalized spacial score (nSPS) is 14.1. The molecule has 0 aromatic rings. The predicted molar refractivity (Wildman–Crippen MR) is 54.7 cm³/mol. The topological polar surface area (TPSA) is 30.5 Å². The minimum Gasteiger partial charge on any atom is -0.355 e. The molecule has 0 fully saturated rings. The summed E-state index contributed by atoms with van der Waals surface area (Å²) < 4.78 is 10.1. The third-order valence-electron chi connectivity index (χ3n) is 2.44. The molecule has 0 bridgehead atoms. The third kappa shape index (κ3) is 6.02. The molecule has 0 aliphatic carbocycles. The van der Waals surface area contributed by atoms with Crippen LogP contribution in [0.25, 0.3) is 0 Å². The van der Waals surface area contributed by atoms with Gasteiger partial charge in [-0.25, -0.2) is 0 Å². The molecule has 0 amide bonds. The van der Waals surface area contributed by atoms with Crippen LogP contribution in [0.4, 0.5) is 0 Å². The van der Waals surface area contributed by atoms with Crippen LogP contribution in [-0.4, -0.2) is 33.6 Å². The second-order valence-corrected chi connectivity index (χ2v) is 3.78. The van der Waals surface area contributed by atoms with E-state index in [1.807, 2.05) is 0 Å². The van der Waals surface area contributed by atoms with E-state index in [9.17, 15) is 0 Å². The Morgan fingerprint density at radius 2 is 1.54 bits per heavy atom. The van der Waals surface area contributed by atoms with Crippen molar-refractivity contribution in [3.63, 3.8) is 0 Å². The minimum absolute atomic E-state index is 0.126. The van der Waals surface area contributed by atoms with Gasteiger partial charge in [-0.1, -0.05) is 20.8 Å². The lowest BCUT2D eigenvalue weighted by Crippen LogP contribution is -2.33. The molecule has 0 aliphatic rings. The molecule has 0 saturated heterocycles. The molecule has 0 heterocycles. The molecule has 0 spiro atoms. The van der Waals surface area contributed by atoms with E-state index in [0.29, 0.717) is 5.92 Å². The summed E-state index contributed by atoms with van der Waals surface area (Å²) in [7, 11) is 3.31. The van der Waals surface area contributed by atoms with Crippen LogP contribution in [0.3, 0.4) is 0 Å². The van der Waals surface area contributed by atoms with Crippen molar-refractivity contribution < 1.29 is 9.47 Å². The lowest BCUT2D eigenvalue weighted by Gasteiger charge is -2.18. The van der Waals surface area contributed by atoms with Crippen molar-refractivity contribution >= 4 is 0 Å². The standard InChI is InChI=1S/C10H23NO2/c1-8(2)9(3)6-11-7-10(12-4)13-5/h8-11H,6-7H2,1-5H3. The highest BCUT2D eigenvalue weighted by Crippen LogP contribution is 2.07. The Morgan fingerprint density at radius 3 is 1.92 bits per heavy atom. The van der Waals surface area contributed by atoms with E-state index in [1.54, 1.807) is 14.2 Å². The van der Waals surface area contributed by atoms with Gasteiger partial charge in [0, 0.05) is 20.8 Å². The van der Waals surface area contributed by atoms with E-state index >= 15 is 0 Å². The SMILES string of the molecule is COC(CNCC(C)C(C)C)OC. The summed E-state index contributed by atoms with van der Waals surface area (Å²) in [5.74, 6) is 1.41. The number of hydrogen-bond donors (Lipinski definition) is 1. The maximum Gasteiger partial charge on any atom is 0.169 e. The van der Waals surface area contributed by atoms with Crippen LogP contribution in [0.2, 0.25) is 0 Å². The molecule has 1 atom stereocenters. The molecule has 3 heteroatoms. The molecule has 0 saturated carbocycles. The van der Waals surface area contributed by atoms with E-state index in [2.05, 4.69) is 26.1 Å². The first-order valence-corrected chi connectivity index (χ1v) is 4.88. The fraction of sp³-hybridized carbons (Fsp3) is 1.00. The summed E-state index contributed by atoms with van der Waals surface area (Å²) in [4.78, 5) is 0. The van der Waals surface area contributed by atoms with Gasteiger partial charge in [0.15, 0.2) is 6.29 Å². The van der Waals surface area contributed by atoms with Crippen LogP contribution in [0.1, 0.15) is 20.8 Å². The molecule has 1 unspecified atom stereocenters. The Bertz CT molecular complexity index is 111. The summed E-state index contributed by atoms with van der Waals surface area (Å²) >= 11 is 0. The number of rotatable bonds is 7. The Hall–Kier alpha value is -0.120. The van der Waals surface area contributed by atoms with E-state index in [-0.39, 0.29) is 6.29 Å². The first kappa shape index (κ1) is 12.9. The Morgan fingerprint density at radius 1 is 1.00 bits per heavy atom. The summed E-state index contributed by atoms with van der Waals surface area (Å²) in [5.41, 5.74) is 0. The van der Waals surface area contributed by atoms with Gasteiger partial charge in [0.1, 0.15) is 0 Å². The molecule has 0 radical (unpaired) electrons. The van der Waals surface area contributed by atoms with E-state index in [0.717, 1.165) is 19.0 Å². The van der Waals surface area contributed by atoms with Crippen molar-refractivity contribution in [3.8, 4) is 0 Å². The zero-order valence-corrected chi connectivity index (χ0v) is 9.46. The Kier molecular flexibility index (Phi) is 7.23. The first-order chi connectivity index (χ1) is 6.11. The predicted octanol–water partition coefficient (Wildman–Crippen LogP) is 1.49. The lowest BCUT2D eigenvalue weighted by atomic mass is 9.98. The zero-order chi connectivity index (χ0) is 10.3. The van der Waals surface area contributed by atoms with Crippen LogP contribution in [0.15, 0.2) is 0 Å². The van der Waals surface area contributed by atoms with Gasteiger partial charge in [-0.2, -0.15) is 0 Å². The van der Waals surface area contributed by atoms with E-state index < -0.39 is 0 Å². The number of methoxy groups -OCH3 is 2. The van der Waals surface area contributed by atoms with Crippen molar-refractivity contribution in [1.82, 2.24) is 5.32 Å². The fourth-order valence-electron chi connectivity index (χ4n) is 0.927. The fourth-order valence-corrected chi connectivity index (χ4v) is 0.927. The van der Waals surface area contributed by atoms with Crippen molar-refractivity contribution in [1.29, 1.82) is 0 Å². The van der Waals surface area contributed by atoms with Gasteiger partial charge in [0.25, 0.3) is 0 Å². The molecule has 0 aromatic heterocycles. The Balaban J connectivity index is 3.43. The zero-order valence-electron chi connectivity index (χ0n) is 9.46. The van der Waals surface area contributed by atoms with Crippen LogP contribution >= 0.6 is 0 Å². The quantitative estimate of drug-likeness (QED) is 0.615. The maximum atomic E-state index is 5.06. The molecule has 0 rings (SSSR count). The van der Waals surface area contributed by atoms with Gasteiger partial charge >= 0.3 is 0 Å². The minimum atomic E-state index is -0.126. The number of ether oxygens (including phenoxy) is 2. The molecule has 1 N–H and O–H groups in total. The van der Waals surface area contributed by atoms with Crippen molar-refractivity contribution in [3.05, 3.63) is 0 Å². The molecule has 0 aliphatic heterocycles. The highest BCUT2D eigenvalue weighted by molar-refractivity contribution is 4.61. The van der Waals surface area contributed by atoms with Crippen LogP contribution in [-0.2, 0) is 9.47 Å². The van der Waals surface area contributed by atoms with Crippen LogP contribution in [0, 0.1) is 11.8 Å². The van der Waals surface area contributed by atoms with Gasteiger partial charge < -0.3 is 14.8 Å². The lowest BCUT2D eigenvalue weighted by molar-refractivity contribution is -0.0990. The molecule has 80 valence electrons. The summed E-state index contributed by atoms with van der Waals surface area (Å²) in [6, 6.07) is 0. The van der Waals surface area contributed by atoms with Crippen molar-refractivity contribution in [2.24, 2.45) is 11.8 Å². The van der Waals surface area contributed by atoms with Crippen LogP contribution in [0.5, 0.6) is 0 Å². The van der Waals surface area contributed by atoms with E-state index in [4.69, 9.17) is 9.47 Å². The number of hydrogen-bond acceptors (Lipinski definition) is 3. The van der Waals surface area contributed by atoms with Gasteiger partial charge in [0.2, 0.25) is 0 Å². The highest BCUT2D eigenvalue weighted by atomic mass is 16.7. The third-order valence-corrected chi connectivity index (χ3v) is 2.44. The number of nitrogens with one attached hydrogen (secondary N) is 1. The summed E-state index contributed by atoms with van der Waals surface area (Å²) in [6.07, 6.45) is -0.126. The monoisotopic (exact) mass is 189 g/mol.